The van der Waals surface area contributed by atoms with Crippen LogP contribution in [0.25, 0.3) is 11.1 Å². The maximum atomic E-state index is 12.6. The third-order valence-electron chi connectivity index (χ3n) is 5.76. The van der Waals surface area contributed by atoms with Crippen molar-refractivity contribution in [1.82, 2.24) is 4.90 Å². The van der Waals surface area contributed by atoms with Gasteiger partial charge < -0.3 is 14.6 Å². The van der Waals surface area contributed by atoms with E-state index in [1.54, 1.807) is 25.1 Å². The maximum Gasteiger partial charge on any atom is 0.412 e. The van der Waals surface area contributed by atoms with E-state index >= 15 is 0 Å². The number of aliphatic carboxylic acids is 1. The van der Waals surface area contributed by atoms with E-state index in [1.165, 1.54) is 4.90 Å². The van der Waals surface area contributed by atoms with Crippen LogP contribution in [0.4, 0.5) is 4.79 Å². The Morgan fingerprint density at radius 2 is 1.88 bits per heavy atom. The first-order valence-corrected chi connectivity index (χ1v) is 11.5. The maximum absolute atomic E-state index is 12.6. The van der Waals surface area contributed by atoms with E-state index in [0.29, 0.717) is 28.8 Å². The number of halogens is 2. The lowest BCUT2D eigenvalue weighted by atomic mass is 9.95. The number of carboxylic acids is 1. The number of nitrogens with zero attached hydrogens (tertiary/aromatic N) is 1. The van der Waals surface area contributed by atoms with E-state index in [9.17, 15) is 14.7 Å². The Labute approximate surface area is 207 Å². The van der Waals surface area contributed by atoms with Crippen LogP contribution in [0.1, 0.15) is 29.5 Å². The molecule has 1 N–H and O–H groups in total. The Balaban J connectivity index is 1.42. The number of benzene rings is 3. The van der Waals surface area contributed by atoms with Gasteiger partial charge >= 0.3 is 12.1 Å². The largest absolute Gasteiger partial charge is 0.481 e. The summed E-state index contributed by atoms with van der Waals surface area (Å²) in [5, 5.41) is 10.4. The summed E-state index contributed by atoms with van der Waals surface area (Å²) in [7, 11) is 0. The summed E-state index contributed by atoms with van der Waals surface area (Å²) in [6.45, 7) is 2.28. The molecule has 1 atom stereocenters. The van der Waals surface area contributed by atoms with Gasteiger partial charge in [0.25, 0.3) is 0 Å². The molecule has 0 fully saturated rings. The molecule has 0 radical (unpaired) electrons. The van der Waals surface area contributed by atoms with Crippen LogP contribution >= 0.6 is 23.2 Å². The number of hydrogen-bond acceptors (Lipinski definition) is 4. The first-order valence-electron chi connectivity index (χ1n) is 10.8. The second-order valence-corrected chi connectivity index (χ2v) is 8.92. The minimum atomic E-state index is -0.872. The van der Waals surface area contributed by atoms with Crippen LogP contribution in [0.5, 0.6) is 5.75 Å². The van der Waals surface area contributed by atoms with Crippen molar-refractivity contribution in [2.24, 2.45) is 0 Å². The van der Waals surface area contributed by atoms with Gasteiger partial charge in [0.1, 0.15) is 5.75 Å². The topological polar surface area (TPSA) is 76.1 Å². The Kier molecular flexibility index (Phi) is 7.29. The first kappa shape index (κ1) is 23.9. The van der Waals surface area contributed by atoms with Gasteiger partial charge in [0.2, 0.25) is 0 Å². The Morgan fingerprint density at radius 1 is 1.09 bits per heavy atom. The molecule has 1 amide bonds. The summed E-state index contributed by atoms with van der Waals surface area (Å²) in [6, 6.07) is 18.4. The molecule has 1 aliphatic rings. The van der Waals surface area contributed by atoms with Crippen LogP contribution in [0.15, 0.2) is 60.7 Å². The highest BCUT2D eigenvalue weighted by molar-refractivity contribution is 6.35. The Hall–Kier alpha value is -3.22. The number of ether oxygens (including phenoxy) is 2. The zero-order valence-electron chi connectivity index (χ0n) is 18.5. The molecular weight excluding hydrogens is 477 g/mol. The third-order valence-corrected chi connectivity index (χ3v) is 6.35. The quantitative estimate of drug-likeness (QED) is 0.425. The molecule has 0 saturated carbocycles. The molecule has 6 nitrogen and oxygen atoms in total. The van der Waals surface area contributed by atoms with Crippen molar-refractivity contribution in [1.29, 1.82) is 0 Å². The highest BCUT2D eigenvalue weighted by Gasteiger charge is 2.23. The summed E-state index contributed by atoms with van der Waals surface area (Å²) < 4.78 is 11.2. The van der Waals surface area contributed by atoms with Crippen molar-refractivity contribution >= 4 is 35.3 Å². The molecule has 1 aliphatic heterocycles. The van der Waals surface area contributed by atoms with E-state index in [-0.39, 0.29) is 13.3 Å². The zero-order valence-corrected chi connectivity index (χ0v) is 20.0. The van der Waals surface area contributed by atoms with E-state index in [1.807, 2.05) is 42.5 Å². The minimum absolute atomic E-state index is 0.0957. The fourth-order valence-corrected chi connectivity index (χ4v) is 4.24. The molecule has 34 heavy (non-hydrogen) atoms. The number of hydrogen-bond donors (Lipinski definition) is 1. The molecule has 4 rings (SSSR count). The second kappa shape index (κ2) is 10.4. The van der Waals surface area contributed by atoms with Crippen LogP contribution in [0, 0.1) is 0 Å². The predicted molar refractivity (Wildman–Crippen MR) is 130 cm³/mol. The van der Waals surface area contributed by atoms with Gasteiger partial charge in [-0.2, -0.15) is 0 Å². The van der Waals surface area contributed by atoms with Crippen molar-refractivity contribution in [3.05, 3.63) is 87.4 Å². The average Bonchev–Trinajstić information content (AvgIpc) is 2.84. The standard InChI is InChI=1S/C26H23Cl2NO5/c1-16(25(30)31)18-3-2-4-19(11-18)20-6-8-24-21(12-20)14-29(15-34-24)26(32)33-10-9-17-5-7-22(27)13-23(17)28/h2-8,11-13,16H,9-10,14-15H2,1H3,(H,30,31). The molecule has 176 valence electrons. The summed E-state index contributed by atoms with van der Waals surface area (Å²) in [5.74, 6) is -0.770. The van der Waals surface area contributed by atoms with Gasteiger partial charge in [0.05, 0.1) is 19.1 Å². The number of amides is 1. The van der Waals surface area contributed by atoms with Crippen LogP contribution in [0.3, 0.4) is 0 Å². The molecule has 0 aliphatic carbocycles. The monoisotopic (exact) mass is 499 g/mol. The normalized spacial score (nSPS) is 13.6. The molecule has 1 unspecified atom stereocenters. The number of rotatable bonds is 6. The first-order chi connectivity index (χ1) is 16.3. The highest BCUT2D eigenvalue weighted by Crippen LogP contribution is 2.32. The lowest BCUT2D eigenvalue weighted by Gasteiger charge is -2.28. The minimum Gasteiger partial charge on any atom is -0.481 e. The molecule has 3 aromatic carbocycles. The molecule has 0 spiro atoms. The molecule has 3 aromatic rings. The van der Waals surface area contributed by atoms with E-state index in [0.717, 1.165) is 27.8 Å². The van der Waals surface area contributed by atoms with Crippen LogP contribution in [-0.4, -0.2) is 35.4 Å². The van der Waals surface area contributed by atoms with Crippen molar-refractivity contribution in [3.63, 3.8) is 0 Å². The van der Waals surface area contributed by atoms with E-state index in [2.05, 4.69) is 0 Å². The number of fused-ring (bicyclic) bond motifs is 1. The SMILES string of the molecule is CC(C(=O)O)c1cccc(-c2ccc3c(c2)CN(C(=O)OCCc2ccc(Cl)cc2Cl)CO3)c1. The lowest BCUT2D eigenvalue weighted by molar-refractivity contribution is -0.138. The Bertz CT molecular complexity index is 1230. The third kappa shape index (κ3) is 5.46. The van der Waals surface area contributed by atoms with Gasteiger partial charge in [0, 0.05) is 22.0 Å². The average molecular weight is 500 g/mol. The molecule has 1 heterocycles. The fraction of sp³-hybridized carbons (Fsp3) is 0.231. The van der Waals surface area contributed by atoms with Gasteiger partial charge in [-0.15, -0.1) is 0 Å². The zero-order chi connectivity index (χ0) is 24.2. The van der Waals surface area contributed by atoms with Crippen LogP contribution in [0.2, 0.25) is 10.0 Å². The summed E-state index contributed by atoms with van der Waals surface area (Å²) >= 11 is 12.1. The summed E-state index contributed by atoms with van der Waals surface area (Å²) in [5.41, 5.74) is 4.23. The van der Waals surface area contributed by atoms with Gasteiger partial charge in [-0.25, -0.2) is 4.79 Å². The van der Waals surface area contributed by atoms with Gasteiger partial charge in [0.15, 0.2) is 6.73 Å². The molecule has 0 saturated heterocycles. The predicted octanol–water partition coefficient (Wildman–Crippen LogP) is 6.38. The molecule has 8 heteroatoms. The number of carbonyl (C=O) groups is 2. The fourth-order valence-electron chi connectivity index (χ4n) is 3.73. The van der Waals surface area contributed by atoms with E-state index < -0.39 is 18.0 Å². The highest BCUT2D eigenvalue weighted by atomic mass is 35.5. The van der Waals surface area contributed by atoms with Gasteiger partial charge in [-0.05, 0) is 53.4 Å². The molecule has 0 bridgehead atoms. The Morgan fingerprint density at radius 3 is 2.65 bits per heavy atom. The summed E-state index contributed by atoms with van der Waals surface area (Å²) in [4.78, 5) is 25.4. The van der Waals surface area contributed by atoms with Crippen LogP contribution in [-0.2, 0) is 22.5 Å². The molecule has 0 aromatic heterocycles. The van der Waals surface area contributed by atoms with Crippen molar-refractivity contribution in [3.8, 4) is 16.9 Å². The van der Waals surface area contributed by atoms with Gasteiger partial charge in [-0.1, -0.05) is 59.6 Å². The lowest BCUT2D eigenvalue weighted by Crippen LogP contribution is -2.37. The van der Waals surface area contributed by atoms with Gasteiger partial charge in [-0.3, -0.25) is 9.69 Å². The number of carbonyl (C=O) groups excluding carboxylic acids is 1. The summed E-state index contributed by atoms with van der Waals surface area (Å²) in [6.07, 6.45) is 0.000799. The molecular formula is C26H23Cl2NO5. The van der Waals surface area contributed by atoms with Crippen molar-refractivity contribution in [2.75, 3.05) is 13.3 Å². The van der Waals surface area contributed by atoms with Crippen LogP contribution < -0.4 is 4.74 Å². The van der Waals surface area contributed by atoms with Crippen molar-refractivity contribution < 1.29 is 24.2 Å². The van der Waals surface area contributed by atoms with E-state index in [4.69, 9.17) is 32.7 Å². The number of carboxylic acid groups (broad SMARTS) is 1. The smallest absolute Gasteiger partial charge is 0.412 e. The second-order valence-electron chi connectivity index (χ2n) is 8.08. The van der Waals surface area contributed by atoms with Crippen molar-refractivity contribution in [2.45, 2.75) is 25.8 Å².